The summed E-state index contributed by atoms with van der Waals surface area (Å²) in [6.45, 7) is 2.86. The van der Waals surface area contributed by atoms with Crippen LogP contribution in [-0.4, -0.2) is 49.8 Å². The summed E-state index contributed by atoms with van der Waals surface area (Å²) in [4.78, 5) is 29.1. The van der Waals surface area contributed by atoms with E-state index in [9.17, 15) is 19.8 Å². The Hall–Kier alpha value is -3.10. The molecule has 1 aliphatic carbocycles. The number of aromatic amines is 1. The number of hydrogen-bond acceptors (Lipinski definition) is 5. The molecule has 3 aromatic rings. The average Bonchev–Trinajstić information content (AvgIpc) is 2.93. The van der Waals surface area contributed by atoms with Crippen LogP contribution in [0.1, 0.15) is 46.4 Å². The summed E-state index contributed by atoms with van der Waals surface area (Å²) >= 11 is 0. The SMILES string of the molecule is Cn1c(CN2CCC(N)CC2)cc2cc3c(cc21)CCCc1c-3[nH]c(=O)c(C(=O)O)c1O. The second kappa shape index (κ2) is 7.79. The molecule has 3 heterocycles. The molecule has 2 aromatic heterocycles. The van der Waals surface area contributed by atoms with Crippen LogP contribution in [0.15, 0.2) is 23.0 Å². The van der Waals surface area contributed by atoms with E-state index < -0.39 is 22.8 Å². The lowest BCUT2D eigenvalue weighted by atomic mass is 9.98. The molecule has 0 atom stereocenters. The van der Waals surface area contributed by atoms with Gasteiger partial charge in [-0.05, 0) is 55.9 Å². The number of nitrogens with zero attached hydrogens (tertiary/aromatic N) is 2. The standard InChI is InChI=1S/C24H28N4O4/c1-27-16(12-28-7-5-15(25)6-8-28)9-14-10-18-13(11-19(14)27)3-2-4-17-21(18)26-23(30)20(22(17)29)24(31)32/h9-11,15H,2-8,12,25H2,1H3,(H,31,32)(H2,26,29,30). The molecular weight excluding hydrogens is 408 g/mol. The number of carbonyl (C=O) groups is 1. The van der Waals surface area contributed by atoms with Crippen molar-refractivity contribution in [1.82, 2.24) is 14.5 Å². The van der Waals surface area contributed by atoms with Crippen molar-refractivity contribution in [3.05, 3.63) is 50.9 Å². The molecule has 168 valence electrons. The predicted molar refractivity (Wildman–Crippen MR) is 122 cm³/mol. The predicted octanol–water partition coefficient (Wildman–Crippen LogP) is 2.35. The maximum atomic E-state index is 12.4. The first kappa shape index (κ1) is 20.8. The number of carboxylic acid groups (broad SMARTS) is 1. The van der Waals surface area contributed by atoms with E-state index in [2.05, 4.69) is 39.7 Å². The van der Waals surface area contributed by atoms with Crippen molar-refractivity contribution >= 4 is 16.9 Å². The Morgan fingerprint density at radius 1 is 1.22 bits per heavy atom. The Kier molecular flexibility index (Phi) is 5.06. The molecule has 5 rings (SSSR count). The van der Waals surface area contributed by atoms with Gasteiger partial charge in [0.25, 0.3) is 5.56 Å². The summed E-state index contributed by atoms with van der Waals surface area (Å²) in [5, 5.41) is 21.0. The van der Waals surface area contributed by atoms with Gasteiger partial charge in [-0.1, -0.05) is 0 Å². The van der Waals surface area contributed by atoms with Crippen LogP contribution < -0.4 is 11.3 Å². The van der Waals surface area contributed by atoms with Crippen molar-refractivity contribution in [2.45, 2.75) is 44.7 Å². The highest BCUT2D eigenvalue weighted by Crippen LogP contribution is 2.38. The molecule has 1 aromatic carbocycles. The van der Waals surface area contributed by atoms with Crippen LogP contribution in [0.2, 0.25) is 0 Å². The van der Waals surface area contributed by atoms with Gasteiger partial charge >= 0.3 is 5.97 Å². The second-order valence-corrected chi connectivity index (χ2v) is 9.07. The first-order valence-electron chi connectivity index (χ1n) is 11.1. The van der Waals surface area contributed by atoms with Gasteiger partial charge in [0.1, 0.15) is 5.75 Å². The molecule has 32 heavy (non-hydrogen) atoms. The van der Waals surface area contributed by atoms with Crippen LogP contribution in [0, 0.1) is 0 Å². The van der Waals surface area contributed by atoms with E-state index >= 15 is 0 Å². The number of pyridine rings is 1. The largest absolute Gasteiger partial charge is 0.506 e. The minimum Gasteiger partial charge on any atom is -0.506 e. The number of H-pyrrole nitrogens is 1. The smallest absolute Gasteiger partial charge is 0.345 e. The summed E-state index contributed by atoms with van der Waals surface area (Å²) in [6, 6.07) is 6.70. The van der Waals surface area contributed by atoms with Crippen molar-refractivity contribution in [2.24, 2.45) is 12.8 Å². The van der Waals surface area contributed by atoms with E-state index in [4.69, 9.17) is 5.73 Å². The number of carboxylic acids is 1. The van der Waals surface area contributed by atoms with Crippen LogP contribution in [-0.2, 0) is 26.4 Å². The Balaban J connectivity index is 1.60. The van der Waals surface area contributed by atoms with Gasteiger partial charge in [0, 0.05) is 60.4 Å². The molecule has 0 bridgehead atoms. The van der Waals surface area contributed by atoms with Gasteiger partial charge in [-0.2, -0.15) is 0 Å². The zero-order valence-electron chi connectivity index (χ0n) is 18.1. The van der Waals surface area contributed by atoms with Gasteiger partial charge < -0.3 is 25.5 Å². The molecule has 8 nitrogen and oxygen atoms in total. The normalized spacial score (nSPS) is 17.2. The van der Waals surface area contributed by atoms with E-state index in [1.165, 1.54) is 5.69 Å². The molecule has 2 aliphatic rings. The lowest BCUT2D eigenvalue weighted by Gasteiger charge is -2.30. The monoisotopic (exact) mass is 436 g/mol. The number of likely N-dealkylation sites (tertiary alicyclic amines) is 1. The lowest BCUT2D eigenvalue weighted by Crippen LogP contribution is -2.39. The maximum Gasteiger partial charge on any atom is 0.345 e. The van der Waals surface area contributed by atoms with Crippen LogP contribution >= 0.6 is 0 Å². The van der Waals surface area contributed by atoms with Crippen molar-refractivity contribution in [3.63, 3.8) is 0 Å². The fourth-order valence-corrected chi connectivity index (χ4v) is 5.17. The van der Waals surface area contributed by atoms with Crippen molar-refractivity contribution in [3.8, 4) is 17.0 Å². The average molecular weight is 437 g/mol. The molecule has 8 heteroatoms. The fourth-order valence-electron chi connectivity index (χ4n) is 5.17. The van der Waals surface area contributed by atoms with Crippen molar-refractivity contribution in [1.29, 1.82) is 0 Å². The number of aromatic carboxylic acids is 1. The van der Waals surface area contributed by atoms with Crippen molar-refractivity contribution < 1.29 is 15.0 Å². The minimum absolute atomic E-state index is 0.301. The Morgan fingerprint density at radius 3 is 2.69 bits per heavy atom. The van der Waals surface area contributed by atoms with E-state index in [1.54, 1.807) is 0 Å². The molecule has 0 spiro atoms. The summed E-state index contributed by atoms with van der Waals surface area (Å²) < 4.78 is 2.23. The van der Waals surface area contributed by atoms with Crippen LogP contribution in [0.4, 0.5) is 0 Å². The van der Waals surface area contributed by atoms with Gasteiger partial charge in [-0.15, -0.1) is 0 Å². The Bertz CT molecular complexity index is 1280. The summed E-state index contributed by atoms with van der Waals surface area (Å²) in [5.74, 6) is -1.83. The highest BCUT2D eigenvalue weighted by molar-refractivity contribution is 5.93. The maximum absolute atomic E-state index is 12.4. The summed E-state index contributed by atoms with van der Waals surface area (Å²) in [5.41, 5.74) is 10.00. The molecule has 1 saturated heterocycles. The number of hydrogen-bond donors (Lipinski definition) is 4. The van der Waals surface area contributed by atoms with Gasteiger partial charge in [0.15, 0.2) is 5.56 Å². The van der Waals surface area contributed by atoms with Gasteiger partial charge in [-0.25, -0.2) is 4.79 Å². The summed E-state index contributed by atoms with van der Waals surface area (Å²) in [6.07, 6.45) is 4.09. The number of rotatable bonds is 3. The number of benzene rings is 1. The third-order valence-electron chi connectivity index (χ3n) is 7.03. The molecule has 0 saturated carbocycles. The third-order valence-corrected chi connectivity index (χ3v) is 7.03. The molecular formula is C24H28N4O4. The van der Waals surface area contributed by atoms with Gasteiger partial charge in [-0.3, -0.25) is 9.69 Å². The van der Waals surface area contributed by atoms with Crippen LogP contribution in [0.25, 0.3) is 22.2 Å². The van der Waals surface area contributed by atoms with Gasteiger partial charge in [0.05, 0.1) is 5.69 Å². The summed E-state index contributed by atoms with van der Waals surface area (Å²) in [7, 11) is 2.08. The Morgan fingerprint density at radius 2 is 1.97 bits per heavy atom. The van der Waals surface area contributed by atoms with Crippen LogP contribution in [0.5, 0.6) is 5.75 Å². The third kappa shape index (κ3) is 3.40. The molecule has 0 amide bonds. The Labute approximate surface area is 185 Å². The highest BCUT2D eigenvalue weighted by atomic mass is 16.4. The number of aryl methyl sites for hydroxylation is 2. The topological polar surface area (TPSA) is 125 Å². The van der Waals surface area contributed by atoms with E-state index in [0.717, 1.165) is 67.3 Å². The van der Waals surface area contributed by atoms with Gasteiger partial charge in [0.2, 0.25) is 0 Å². The number of aromatic hydroxyl groups is 1. The number of piperidine rings is 1. The van der Waals surface area contributed by atoms with E-state index in [0.29, 0.717) is 23.7 Å². The second-order valence-electron chi connectivity index (χ2n) is 9.07. The molecule has 0 radical (unpaired) electrons. The lowest BCUT2D eigenvalue weighted by molar-refractivity contribution is 0.0691. The highest BCUT2D eigenvalue weighted by Gasteiger charge is 2.26. The zero-order valence-corrected chi connectivity index (χ0v) is 18.1. The van der Waals surface area contributed by atoms with E-state index in [-0.39, 0.29) is 0 Å². The molecule has 1 aliphatic heterocycles. The molecule has 0 unspecified atom stereocenters. The zero-order chi connectivity index (χ0) is 22.6. The molecule has 5 N–H and O–H groups in total. The first-order valence-corrected chi connectivity index (χ1v) is 11.1. The number of nitrogens with one attached hydrogen (secondary N) is 1. The first-order chi connectivity index (χ1) is 15.3. The number of nitrogens with two attached hydrogens (primary N) is 1. The number of fused-ring (bicyclic) bond motifs is 4. The van der Waals surface area contributed by atoms with E-state index in [1.807, 2.05) is 0 Å². The molecule has 1 fully saturated rings. The van der Waals surface area contributed by atoms with Crippen molar-refractivity contribution in [2.75, 3.05) is 13.1 Å². The van der Waals surface area contributed by atoms with Crippen LogP contribution in [0.3, 0.4) is 0 Å². The fraction of sp³-hybridized carbons (Fsp3) is 0.417. The minimum atomic E-state index is -1.42. The quantitative estimate of drug-likeness (QED) is 0.500. The number of aromatic nitrogens is 2.